The summed E-state index contributed by atoms with van der Waals surface area (Å²) in [6, 6.07) is 14.5. The fourth-order valence-corrected chi connectivity index (χ4v) is 3.17. The summed E-state index contributed by atoms with van der Waals surface area (Å²) in [4.78, 5) is 4.71. The van der Waals surface area contributed by atoms with Crippen LogP contribution in [0.15, 0.2) is 46.9 Å². The Morgan fingerprint density at radius 2 is 1.76 bits per heavy atom. The first-order valence-electron chi connectivity index (χ1n) is 6.81. The zero-order chi connectivity index (χ0) is 15.0. The van der Waals surface area contributed by atoms with E-state index in [1.807, 2.05) is 12.1 Å². The van der Waals surface area contributed by atoms with Gasteiger partial charge >= 0.3 is 0 Å². The van der Waals surface area contributed by atoms with E-state index in [1.165, 1.54) is 11.1 Å². The normalized spacial score (nSPS) is 10.9. The van der Waals surface area contributed by atoms with E-state index >= 15 is 0 Å². The summed E-state index contributed by atoms with van der Waals surface area (Å²) in [6.07, 6.45) is 0. The summed E-state index contributed by atoms with van der Waals surface area (Å²) in [7, 11) is 1.66. The number of rotatable bonds is 2. The van der Waals surface area contributed by atoms with Gasteiger partial charge < -0.3 is 4.74 Å². The number of halogens is 1. The summed E-state index contributed by atoms with van der Waals surface area (Å²) >= 11 is 3.73. The maximum Gasteiger partial charge on any atom is 0.221 e. The number of hydrogen-bond acceptors (Lipinski definition) is 2. The predicted octanol–water partition coefficient (Wildman–Crippen LogP) is 5.29. The molecule has 1 aromatic heterocycles. The van der Waals surface area contributed by atoms with Crippen molar-refractivity contribution in [3.8, 4) is 17.1 Å². The average Bonchev–Trinajstić information content (AvgIpc) is 2.49. The van der Waals surface area contributed by atoms with E-state index in [4.69, 9.17) is 9.72 Å². The Balaban J connectivity index is 2.39. The van der Waals surface area contributed by atoms with Crippen LogP contribution in [-0.4, -0.2) is 12.1 Å². The quantitative estimate of drug-likeness (QED) is 0.631. The molecule has 106 valence electrons. The maximum atomic E-state index is 5.49. The smallest absolute Gasteiger partial charge is 0.221 e. The zero-order valence-corrected chi connectivity index (χ0v) is 13.9. The summed E-state index contributed by atoms with van der Waals surface area (Å²) < 4.78 is 6.50. The molecule has 3 heteroatoms. The standard InChI is InChI=1S/C18H16BrNO/c1-11-8-9-14-15(10-11)16(19)17(20-18(14)21-3)13-7-5-4-6-12(13)2/h4-10H,1-3H3. The molecular formula is C18H16BrNO. The van der Waals surface area contributed by atoms with E-state index in [-0.39, 0.29) is 0 Å². The lowest BCUT2D eigenvalue weighted by Gasteiger charge is -2.13. The van der Waals surface area contributed by atoms with Crippen LogP contribution in [0, 0.1) is 13.8 Å². The zero-order valence-electron chi connectivity index (χ0n) is 12.3. The third-order valence-corrected chi connectivity index (χ3v) is 4.46. The molecule has 2 nitrogen and oxygen atoms in total. The molecule has 21 heavy (non-hydrogen) atoms. The molecule has 0 bridgehead atoms. The van der Waals surface area contributed by atoms with Gasteiger partial charge in [0.1, 0.15) is 0 Å². The van der Waals surface area contributed by atoms with E-state index in [0.29, 0.717) is 5.88 Å². The minimum Gasteiger partial charge on any atom is -0.481 e. The van der Waals surface area contributed by atoms with Gasteiger partial charge in [0.25, 0.3) is 0 Å². The van der Waals surface area contributed by atoms with Gasteiger partial charge in [-0.3, -0.25) is 0 Å². The third-order valence-electron chi connectivity index (χ3n) is 3.66. The molecule has 0 aliphatic rings. The molecule has 0 saturated carbocycles. The van der Waals surface area contributed by atoms with Crippen molar-refractivity contribution >= 4 is 26.7 Å². The first-order valence-corrected chi connectivity index (χ1v) is 7.61. The molecular weight excluding hydrogens is 326 g/mol. The molecule has 3 rings (SSSR count). The third kappa shape index (κ3) is 2.42. The number of fused-ring (bicyclic) bond motifs is 1. The first-order chi connectivity index (χ1) is 10.1. The molecule has 2 aromatic carbocycles. The van der Waals surface area contributed by atoms with Gasteiger partial charge in [-0.05, 0) is 41.4 Å². The topological polar surface area (TPSA) is 22.1 Å². The van der Waals surface area contributed by atoms with Gasteiger partial charge in [-0.1, -0.05) is 42.0 Å². The van der Waals surface area contributed by atoms with Gasteiger partial charge in [0.05, 0.1) is 17.3 Å². The van der Waals surface area contributed by atoms with Crippen LogP contribution >= 0.6 is 15.9 Å². The number of ether oxygens (including phenoxy) is 1. The highest BCUT2D eigenvalue weighted by Crippen LogP contribution is 2.38. The Morgan fingerprint density at radius 3 is 2.48 bits per heavy atom. The van der Waals surface area contributed by atoms with Crippen molar-refractivity contribution < 1.29 is 4.74 Å². The first kappa shape index (κ1) is 14.1. The minimum atomic E-state index is 0.659. The number of aromatic nitrogens is 1. The molecule has 0 unspecified atom stereocenters. The fraction of sp³-hybridized carbons (Fsp3) is 0.167. The molecule has 3 aromatic rings. The number of pyridine rings is 1. The molecule has 0 N–H and O–H groups in total. The van der Waals surface area contributed by atoms with Gasteiger partial charge in [-0.2, -0.15) is 0 Å². The lowest BCUT2D eigenvalue weighted by molar-refractivity contribution is 0.404. The second kappa shape index (κ2) is 5.49. The number of methoxy groups -OCH3 is 1. The summed E-state index contributed by atoms with van der Waals surface area (Å²) in [5.74, 6) is 0.659. The molecule has 0 atom stereocenters. The highest BCUT2D eigenvalue weighted by Gasteiger charge is 2.15. The second-order valence-electron chi connectivity index (χ2n) is 5.15. The Morgan fingerprint density at radius 1 is 1.00 bits per heavy atom. The van der Waals surface area contributed by atoms with Crippen molar-refractivity contribution in [1.82, 2.24) is 4.98 Å². The Labute approximate surface area is 132 Å². The van der Waals surface area contributed by atoms with E-state index in [2.05, 4.69) is 60.1 Å². The van der Waals surface area contributed by atoms with Crippen LogP contribution < -0.4 is 4.74 Å². The van der Waals surface area contributed by atoms with Gasteiger partial charge in [-0.25, -0.2) is 4.98 Å². The average molecular weight is 342 g/mol. The lowest BCUT2D eigenvalue weighted by atomic mass is 10.0. The summed E-state index contributed by atoms with van der Waals surface area (Å²) in [5.41, 5.74) is 4.45. The van der Waals surface area contributed by atoms with E-state index in [0.717, 1.165) is 26.5 Å². The molecule has 0 saturated heterocycles. The Bertz CT molecular complexity index is 827. The predicted molar refractivity (Wildman–Crippen MR) is 90.9 cm³/mol. The summed E-state index contributed by atoms with van der Waals surface area (Å²) in [6.45, 7) is 4.18. The van der Waals surface area contributed by atoms with Crippen molar-refractivity contribution in [2.75, 3.05) is 7.11 Å². The number of benzene rings is 2. The van der Waals surface area contributed by atoms with Crippen molar-refractivity contribution in [3.63, 3.8) is 0 Å². The van der Waals surface area contributed by atoms with Crippen molar-refractivity contribution in [2.24, 2.45) is 0 Å². The fourth-order valence-electron chi connectivity index (χ4n) is 2.54. The van der Waals surface area contributed by atoms with Crippen LogP contribution in [0.5, 0.6) is 5.88 Å². The molecule has 0 aliphatic carbocycles. The second-order valence-corrected chi connectivity index (χ2v) is 5.94. The number of nitrogens with zero attached hydrogens (tertiary/aromatic N) is 1. The van der Waals surface area contributed by atoms with Gasteiger partial charge in [0, 0.05) is 16.3 Å². The van der Waals surface area contributed by atoms with Crippen molar-refractivity contribution in [1.29, 1.82) is 0 Å². The van der Waals surface area contributed by atoms with Crippen LogP contribution in [0.2, 0.25) is 0 Å². The summed E-state index contributed by atoms with van der Waals surface area (Å²) in [5, 5.41) is 2.15. The molecule has 1 heterocycles. The Hall–Kier alpha value is -1.87. The minimum absolute atomic E-state index is 0.659. The highest BCUT2D eigenvalue weighted by molar-refractivity contribution is 9.10. The number of hydrogen-bond donors (Lipinski definition) is 0. The highest BCUT2D eigenvalue weighted by atomic mass is 79.9. The van der Waals surface area contributed by atoms with E-state index < -0.39 is 0 Å². The van der Waals surface area contributed by atoms with Gasteiger partial charge in [0.15, 0.2) is 0 Å². The van der Waals surface area contributed by atoms with E-state index in [1.54, 1.807) is 7.11 Å². The number of aryl methyl sites for hydroxylation is 2. The van der Waals surface area contributed by atoms with Crippen LogP contribution in [0.25, 0.3) is 22.0 Å². The Kier molecular flexibility index (Phi) is 3.68. The SMILES string of the molecule is COc1nc(-c2ccccc2C)c(Br)c2cc(C)ccc12. The molecule has 0 fully saturated rings. The van der Waals surface area contributed by atoms with E-state index in [9.17, 15) is 0 Å². The molecule has 0 aliphatic heterocycles. The molecule has 0 spiro atoms. The van der Waals surface area contributed by atoms with Crippen LogP contribution in [0.4, 0.5) is 0 Å². The largest absolute Gasteiger partial charge is 0.481 e. The molecule has 0 amide bonds. The van der Waals surface area contributed by atoms with Gasteiger partial charge in [-0.15, -0.1) is 0 Å². The van der Waals surface area contributed by atoms with Crippen molar-refractivity contribution in [3.05, 3.63) is 58.1 Å². The van der Waals surface area contributed by atoms with Crippen LogP contribution in [0.3, 0.4) is 0 Å². The monoisotopic (exact) mass is 341 g/mol. The van der Waals surface area contributed by atoms with Crippen LogP contribution in [0.1, 0.15) is 11.1 Å². The molecule has 0 radical (unpaired) electrons. The lowest BCUT2D eigenvalue weighted by Crippen LogP contribution is -1.96. The van der Waals surface area contributed by atoms with Crippen molar-refractivity contribution in [2.45, 2.75) is 13.8 Å². The van der Waals surface area contributed by atoms with Crippen LogP contribution in [-0.2, 0) is 0 Å². The van der Waals surface area contributed by atoms with Gasteiger partial charge in [0.2, 0.25) is 5.88 Å². The maximum absolute atomic E-state index is 5.49.